The van der Waals surface area contributed by atoms with E-state index in [4.69, 9.17) is 37.9 Å². The summed E-state index contributed by atoms with van der Waals surface area (Å²) in [5, 5.41) is 23.6. The lowest BCUT2D eigenvalue weighted by molar-refractivity contribution is -0.369. The molecule has 3 heterocycles. The molecule has 2 bridgehead atoms. The molecule has 3 aliphatic heterocycles. The summed E-state index contributed by atoms with van der Waals surface area (Å²) in [6.07, 6.45) is -4.27. The van der Waals surface area contributed by atoms with Gasteiger partial charge in [-0.2, -0.15) is 0 Å². The molecular formula is C40H62O15. The zero-order valence-corrected chi connectivity index (χ0v) is 33.4. The number of allylic oxidation sites excluding steroid dienone is 2. The van der Waals surface area contributed by atoms with Gasteiger partial charge in [0.1, 0.15) is 36.8 Å². The SMILES string of the molecule is C/C=C(\C)C(=O)O[C@@H]1[C@@H](O)[C@@H]2O[C@H]3[C@H](O[C@@H](CCCCC)CCCCCCC(=O)CCC(=O)OC[C@@H](O2)[C@H]1OC(=O)/C(C)=C/C)O[C@H](C)[C@H](OC(C)=O)[C@@H]3O. The van der Waals surface area contributed by atoms with E-state index in [1.807, 2.05) is 0 Å². The van der Waals surface area contributed by atoms with Crippen LogP contribution in [0.5, 0.6) is 0 Å². The molecule has 0 radical (unpaired) electrons. The summed E-state index contributed by atoms with van der Waals surface area (Å²) in [6.45, 7) is 10.6. The van der Waals surface area contributed by atoms with Gasteiger partial charge in [0.05, 0.1) is 18.6 Å². The number of aliphatic hydroxyl groups excluding tert-OH is 2. The van der Waals surface area contributed by atoms with Crippen molar-refractivity contribution in [1.82, 2.24) is 0 Å². The fourth-order valence-electron chi connectivity index (χ4n) is 6.60. The predicted molar refractivity (Wildman–Crippen MR) is 196 cm³/mol. The highest BCUT2D eigenvalue weighted by atomic mass is 16.8. The molecular weight excluding hydrogens is 720 g/mol. The highest BCUT2D eigenvalue weighted by Gasteiger charge is 2.55. The Hall–Kier alpha value is -3.21. The second kappa shape index (κ2) is 23.1. The molecule has 0 spiro atoms. The lowest BCUT2D eigenvalue weighted by Gasteiger charge is -2.47. The molecule has 0 amide bonds. The van der Waals surface area contributed by atoms with Crippen LogP contribution in [0.3, 0.4) is 0 Å². The van der Waals surface area contributed by atoms with Crippen molar-refractivity contribution in [1.29, 1.82) is 0 Å². The molecule has 3 saturated heterocycles. The minimum atomic E-state index is -1.85. The molecule has 55 heavy (non-hydrogen) atoms. The number of carbonyl (C=O) groups excluding carboxylic acids is 5. The van der Waals surface area contributed by atoms with Gasteiger partial charge in [0, 0.05) is 30.9 Å². The van der Waals surface area contributed by atoms with Gasteiger partial charge in [0.25, 0.3) is 0 Å². The molecule has 3 rings (SSSR count). The van der Waals surface area contributed by atoms with Crippen molar-refractivity contribution in [3.8, 4) is 0 Å². The van der Waals surface area contributed by atoms with E-state index < -0.39 is 91.9 Å². The van der Waals surface area contributed by atoms with E-state index in [9.17, 15) is 34.2 Å². The number of hydrogen-bond acceptors (Lipinski definition) is 15. The minimum absolute atomic E-state index is 0.0210. The summed E-state index contributed by atoms with van der Waals surface area (Å²) in [7, 11) is 0. The number of hydrogen-bond donors (Lipinski definition) is 2. The maximum absolute atomic E-state index is 13.2. The predicted octanol–water partition coefficient (Wildman–Crippen LogP) is 4.46. The molecule has 0 aromatic heterocycles. The van der Waals surface area contributed by atoms with Gasteiger partial charge in [-0.25, -0.2) is 9.59 Å². The molecule has 15 heteroatoms. The molecule has 0 unspecified atom stereocenters. The van der Waals surface area contributed by atoms with E-state index in [-0.39, 0.29) is 35.9 Å². The lowest BCUT2D eigenvalue weighted by Crippen LogP contribution is -2.65. The summed E-state index contributed by atoms with van der Waals surface area (Å²) in [5.41, 5.74) is 0.384. The molecule has 3 fully saturated rings. The molecule has 0 aromatic rings. The summed E-state index contributed by atoms with van der Waals surface area (Å²) < 4.78 is 47.7. The van der Waals surface area contributed by atoms with Crippen LogP contribution < -0.4 is 0 Å². The molecule has 0 saturated carbocycles. The zero-order valence-electron chi connectivity index (χ0n) is 33.4. The summed E-state index contributed by atoms with van der Waals surface area (Å²) in [6, 6.07) is 0. The highest BCUT2D eigenvalue weighted by molar-refractivity contribution is 5.88. The average molecular weight is 783 g/mol. The van der Waals surface area contributed by atoms with E-state index in [2.05, 4.69) is 6.92 Å². The first-order valence-corrected chi connectivity index (χ1v) is 19.7. The monoisotopic (exact) mass is 782 g/mol. The van der Waals surface area contributed by atoms with Gasteiger partial charge in [-0.1, -0.05) is 57.6 Å². The van der Waals surface area contributed by atoms with E-state index in [1.54, 1.807) is 20.8 Å². The Balaban J connectivity index is 2.10. The molecule has 15 nitrogen and oxygen atoms in total. The largest absolute Gasteiger partial charge is 0.463 e. The van der Waals surface area contributed by atoms with E-state index in [1.165, 1.54) is 32.9 Å². The minimum Gasteiger partial charge on any atom is -0.463 e. The van der Waals surface area contributed by atoms with Gasteiger partial charge in [0.15, 0.2) is 30.9 Å². The number of ether oxygens (including phenoxy) is 8. The second-order valence-corrected chi connectivity index (χ2v) is 14.5. The van der Waals surface area contributed by atoms with Crippen LogP contribution in [0.1, 0.15) is 126 Å². The van der Waals surface area contributed by atoms with Crippen molar-refractivity contribution in [2.45, 2.75) is 193 Å². The van der Waals surface area contributed by atoms with E-state index in [0.29, 0.717) is 25.7 Å². The van der Waals surface area contributed by atoms with Crippen LogP contribution in [0, 0.1) is 0 Å². The van der Waals surface area contributed by atoms with Crippen LogP contribution in [0.25, 0.3) is 0 Å². The number of esters is 4. The van der Waals surface area contributed by atoms with Gasteiger partial charge >= 0.3 is 23.9 Å². The fraction of sp³-hybridized carbons (Fsp3) is 0.775. The Morgan fingerprint density at radius 2 is 1.40 bits per heavy atom. The Kier molecular flexibility index (Phi) is 19.4. The number of aliphatic hydroxyl groups is 2. The maximum Gasteiger partial charge on any atom is 0.333 e. The van der Waals surface area contributed by atoms with Crippen LogP contribution in [0.2, 0.25) is 0 Å². The van der Waals surface area contributed by atoms with Crippen LogP contribution >= 0.6 is 0 Å². The summed E-state index contributed by atoms with van der Waals surface area (Å²) in [5.74, 6) is -3.12. The fourth-order valence-corrected chi connectivity index (χ4v) is 6.60. The van der Waals surface area contributed by atoms with Crippen molar-refractivity contribution in [3.05, 3.63) is 23.3 Å². The van der Waals surface area contributed by atoms with Gasteiger partial charge in [-0.3, -0.25) is 14.4 Å². The van der Waals surface area contributed by atoms with Gasteiger partial charge < -0.3 is 48.1 Å². The molecule has 2 N–H and O–H groups in total. The normalized spacial score (nSPS) is 33.7. The average Bonchev–Trinajstić information content (AvgIpc) is 3.15. The third-order valence-corrected chi connectivity index (χ3v) is 10.2. The summed E-state index contributed by atoms with van der Waals surface area (Å²) >= 11 is 0. The van der Waals surface area contributed by atoms with Gasteiger partial charge in [-0.15, -0.1) is 0 Å². The molecule has 11 atom stereocenters. The van der Waals surface area contributed by atoms with Crippen LogP contribution in [-0.4, -0.2) is 114 Å². The standard InChI is InChI=1S/C40H62O15/c1-8-11-14-18-28-19-16-13-12-15-17-27(42)20-21-30(43)48-22-29-34(53-37(46)23(4)9-2)35(54-38(47)24(5)10-3)32(45)39(52-29)55-36-31(44)33(50-26(7)41)25(6)49-40(36)51-28/h9-10,25,28-29,31-36,39-40,44-45H,8,11-22H2,1-7H3/b23-9+,24-10+/t25-,28+,29-,31+,32-,33+,34-,35-,36-,39+,40+/m1/s1. The smallest absolute Gasteiger partial charge is 0.333 e. The number of cyclic esters (lactones) is 1. The third kappa shape index (κ3) is 14.0. The second-order valence-electron chi connectivity index (χ2n) is 14.5. The topological polar surface area (TPSA) is 200 Å². The van der Waals surface area contributed by atoms with Crippen molar-refractivity contribution in [2.75, 3.05) is 6.61 Å². The van der Waals surface area contributed by atoms with E-state index in [0.717, 1.165) is 38.5 Å². The Morgan fingerprint density at radius 3 is 2.04 bits per heavy atom. The number of carbonyl (C=O) groups is 5. The van der Waals surface area contributed by atoms with Gasteiger partial charge in [0.2, 0.25) is 0 Å². The van der Waals surface area contributed by atoms with E-state index >= 15 is 0 Å². The van der Waals surface area contributed by atoms with Crippen molar-refractivity contribution >= 4 is 29.7 Å². The van der Waals surface area contributed by atoms with Crippen LogP contribution in [-0.2, 0) is 61.9 Å². The number of fused-ring (bicyclic) bond motifs is 3. The Bertz CT molecular complexity index is 1340. The first-order valence-electron chi connectivity index (χ1n) is 19.7. The number of rotatable bonds is 9. The van der Waals surface area contributed by atoms with Crippen molar-refractivity contribution in [3.63, 3.8) is 0 Å². The lowest BCUT2D eigenvalue weighted by atomic mass is 9.96. The summed E-state index contributed by atoms with van der Waals surface area (Å²) in [4.78, 5) is 63.9. The van der Waals surface area contributed by atoms with Crippen molar-refractivity contribution in [2.24, 2.45) is 0 Å². The quantitative estimate of drug-likeness (QED) is 0.144. The number of ketones is 1. The molecule has 0 aromatic carbocycles. The highest BCUT2D eigenvalue weighted by Crippen LogP contribution is 2.34. The van der Waals surface area contributed by atoms with Gasteiger partial charge in [-0.05, 0) is 53.9 Å². The number of Topliss-reactive ketones (excluding diaryl/α,β-unsaturated/α-hetero) is 1. The van der Waals surface area contributed by atoms with Crippen LogP contribution in [0.15, 0.2) is 23.3 Å². The van der Waals surface area contributed by atoms with Crippen molar-refractivity contribution < 1.29 is 72.1 Å². The number of unbranched alkanes of at least 4 members (excludes halogenated alkanes) is 2. The molecule has 0 aliphatic carbocycles. The molecule has 3 aliphatic rings. The van der Waals surface area contributed by atoms with Crippen LogP contribution in [0.4, 0.5) is 0 Å². The third-order valence-electron chi connectivity index (χ3n) is 10.2. The Labute approximate surface area is 324 Å². The maximum atomic E-state index is 13.2. The first kappa shape index (κ1) is 46.2. The zero-order chi connectivity index (χ0) is 40.7. The Morgan fingerprint density at radius 1 is 0.745 bits per heavy atom. The first-order chi connectivity index (χ1) is 26.2. The molecule has 312 valence electrons.